The maximum atomic E-state index is 11.8. The molecule has 1 aromatic carbocycles. The summed E-state index contributed by atoms with van der Waals surface area (Å²) in [6, 6.07) is 0. The zero-order valence-corrected chi connectivity index (χ0v) is 16.8. The second kappa shape index (κ2) is 12.3. The number of ether oxygens (including phenoxy) is 2. The zero-order chi connectivity index (χ0) is 20.2. The van der Waals surface area contributed by atoms with Gasteiger partial charge in [-0.1, -0.05) is 52.9 Å². The Labute approximate surface area is 162 Å². The minimum absolute atomic E-state index is 0.0487. The lowest BCUT2D eigenvalue weighted by Crippen LogP contribution is -2.11. The molecule has 0 spiro atoms. The molecule has 0 saturated carbocycles. The van der Waals surface area contributed by atoms with Crippen LogP contribution in [0.15, 0.2) is 0 Å². The number of aromatic carboxylic acids is 1. The average Bonchev–Trinajstić information content (AvgIpc) is 2.64. The first-order valence-electron chi connectivity index (χ1n) is 10.1. The van der Waals surface area contributed by atoms with E-state index in [-0.39, 0.29) is 17.1 Å². The first-order chi connectivity index (χ1) is 13.0. The smallest absolute Gasteiger partial charge is 0.340 e. The Morgan fingerprint density at radius 2 is 1.33 bits per heavy atom. The quantitative estimate of drug-likeness (QED) is 0.299. The van der Waals surface area contributed by atoms with Crippen LogP contribution < -0.4 is 9.47 Å². The maximum Gasteiger partial charge on any atom is 0.340 e. The van der Waals surface area contributed by atoms with Crippen LogP contribution in [-0.2, 0) is 6.42 Å². The van der Waals surface area contributed by atoms with E-state index in [1.165, 1.54) is 0 Å². The van der Waals surface area contributed by atoms with E-state index in [2.05, 4.69) is 6.92 Å². The Kier molecular flexibility index (Phi) is 10.5. The molecule has 0 heterocycles. The summed E-state index contributed by atoms with van der Waals surface area (Å²) in [5.41, 5.74) is 0.106. The highest BCUT2D eigenvalue weighted by Crippen LogP contribution is 2.49. The molecular formula is C21H34O6. The fourth-order valence-corrected chi connectivity index (χ4v) is 2.85. The molecule has 27 heavy (non-hydrogen) atoms. The van der Waals surface area contributed by atoms with Crippen molar-refractivity contribution < 1.29 is 29.6 Å². The van der Waals surface area contributed by atoms with Crippen LogP contribution in [0.4, 0.5) is 0 Å². The van der Waals surface area contributed by atoms with Crippen LogP contribution in [0.25, 0.3) is 0 Å². The SMILES string of the molecule is CCCCCCc1c(OCCCC)c(OCCCC)c(O)c(O)c1C(=O)O. The van der Waals surface area contributed by atoms with Crippen molar-refractivity contribution in [1.82, 2.24) is 0 Å². The molecule has 0 aliphatic carbocycles. The lowest BCUT2D eigenvalue weighted by atomic mass is 9.97. The minimum atomic E-state index is -1.28. The van der Waals surface area contributed by atoms with Crippen LogP contribution >= 0.6 is 0 Å². The van der Waals surface area contributed by atoms with Gasteiger partial charge in [0.05, 0.1) is 13.2 Å². The second-order valence-corrected chi connectivity index (χ2v) is 6.73. The molecule has 1 aromatic rings. The minimum Gasteiger partial charge on any atom is -0.504 e. The van der Waals surface area contributed by atoms with Gasteiger partial charge >= 0.3 is 5.97 Å². The molecule has 0 radical (unpaired) electrons. The highest BCUT2D eigenvalue weighted by Gasteiger charge is 2.29. The molecule has 6 nitrogen and oxygen atoms in total. The summed E-state index contributed by atoms with van der Waals surface area (Å²) in [5.74, 6) is -2.19. The van der Waals surface area contributed by atoms with E-state index in [0.29, 0.717) is 25.2 Å². The van der Waals surface area contributed by atoms with Crippen LogP contribution in [0.3, 0.4) is 0 Å². The van der Waals surface area contributed by atoms with Gasteiger partial charge in [0.25, 0.3) is 0 Å². The third kappa shape index (κ3) is 6.52. The molecule has 0 bridgehead atoms. The predicted octanol–water partition coefficient (Wildman–Crippen LogP) is 5.28. The number of rotatable bonds is 14. The van der Waals surface area contributed by atoms with Crippen molar-refractivity contribution in [1.29, 1.82) is 0 Å². The maximum absolute atomic E-state index is 11.8. The Hall–Kier alpha value is -2.11. The lowest BCUT2D eigenvalue weighted by molar-refractivity contribution is 0.0690. The van der Waals surface area contributed by atoms with E-state index < -0.39 is 17.5 Å². The molecule has 1 rings (SSSR count). The van der Waals surface area contributed by atoms with Gasteiger partial charge in [0, 0.05) is 5.56 Å². The number of benzene rings is 1. The topological polar surface area (TPSA) is 96.2 Å². The molecule has 0 aliphatic rings. The fraction of sp³-hybridized carbons (Fsp3) is 0.667. The monoisotopic (exact) mass is 382 g/mol. The summed E-state index contributed by atoms with van der Waals surface area (Å²) in [6.45, 7) is 6.91. The van der Waals surface area contributed by atoms with E-state index in [1.54, 1.807) is 0 Å². The summed E-state index contributed by atoms with van der Waals surface area (Å²) in [4.78, 5) is 11.8. The molecule has 0 atom stereocenters. The van der Waals surface area contributed by atoms with Gasteiger partial charge in [-0.3, -0.25) is 0 Å². The first-order valence-corrected chi connectivity index (χ1v) is 10.1. The van der Waals surface area contributed by atoms with Gasteiger partial charge in [-0.05, 0) is 25.7 Å². The largest absolute Gasteiger partial charge is 0.504 e. The summed E-state index contributed by atoms with van der Waals surface area (Å²) < 4.78 is 11.6. The lowest BCUT2D eigenvalue weighted by Gasteiger charge is -2.21. The molecule has 6 heteroatoms. The summed E-state index contributed by atoms with van der Waals surface area (Å²) >= 11 is 0. The number of phenols is 2. The van der Waals surface area contributed by atoms with Crippen LogP contribution in [0.5, 0.6) is 23.0 Å². The van der Waals surface area contributed by atoms with Crippen LogP contribution in [0.2, 0.25) is 0 Å². The number of aromatic hydroxyl groups is 2. The Morgan fingerprint density at radius 3 is 1.85 bits per heavy atom. The van der Waals surface area contributed by atoms with Gasteiger partial charge in [-0.25, -0.2) is 4.79 Å². The van der Waals surface area contributed by atoms with Gasteiger partial charge in [0.1, 0.15) is 5.56 Å². The summed E-state index contributed by atoms with van der Waals surface area (Å²) in [7, 11) is 0. The number of unbranched alkanes of at least 4 members (excludes halogenated alkanes) is 5. The van der Waals surface area contributed by atoms with Crippen LogP contribution in [0.1, 0.15) is 88.1 Å². The third-order valence-electron chi connectivity index (χ3n) is 4.44. The number of carboxylic acids is 1. The van der Waals surface area contributed by atoms with Crippen molar-refractivity contribution in [3.05, 3.63) is 11.1 Å². The Bertz CT molecular complexity index is 597. The standard InChI is InChI=1S/C21H34O6/c1-4-7-10-11-12-15-16(21(24)25)17(22)18(23)20(27-14-9-6-3)19(15)26-13-8-5-2/h22-23H,4-14H2,1-3H3,(H,24,25). The van der Waals surface area contributed by atoms with Crippen molar-refractivity contribution >= 4 is 5.97 Å². The van der Waals surface area contributed by atoms with Gasteiger partial charge in [0.15, 0.2) is 11.5 Å². The predicted molar refractivity (Wildman–Crippen MR) is 105 cm³/mol. The summed E-state index contributed by atoms with van der Waals surface area (Å²) in [6.07, 6.45) is 7.71. The highest BCUT2D eigenvalue weighted by molar-refractivity contribution is 5.96. The third-order valence-corrected chi connectivity index (χ3v) is 4.44. The van der Waals surface area contributed by atoms with Gasteiger partial charge in [-0.15, -0.1) is 0 Å². The van der Waals surface area contributed by atoms with E-state index >= 15 is 0 Å². The Balaban J connectivity index is 3.36. The fourth-order valence-electron chi connectivity index (χ4n) is 2.85. The highest BCUT2D eigenvalue weighted by atomic mass is 16.5. The number of carbonyl (C=O) groups is 1. The zero-order valence-electron chi connectivity index (χ0n) is 16.8. The Morgan fingerprint density at radius 1 is 0.778 bits per heavy atom. The molecule has 0 aromatic heterocycles. The van der Waals surface area contributed by atoms with E-state index in [1.807, 2.05) is 13.8 Å². The van der Waals surface area contributed by atoms with Crippen molar-refractivity contribution in [3.63, 3.8) is 0 Å². The van der Waals surface area contributed by atoms with E-state index in [4.69, 9.17) is 9.47 Å². The first kappa shape index (κ1) is 22.9. The van der Waals surface area contributed by atoms with Crippen molar-refractivity contribution in [3.8, 4) is 23.0 Å². The number of carboxylic acid groups (broad SMARTS) is 1. The van der Waals surface area contributed by atoms with Crippen LogP contribution in [0, 0.1) is 0 Å². The second-order valence-electron chi connectivity index (χ2n) is 6.73. The molecule has 3 N–H and O–H groups in total. The number of phenolic OH excluding ortho intramolecular Hbond substituents is 1. The normalized spacial score (nSPS) is 10.8. The van der Waals surface area contributed by atoms with Gasteiger partial charge in [0.2, 0.25) is 11.5 Å². The molecule has 0 amide bonds. The molecular weight excluding hydrogens is 348 g/mol. The van der Waals surface area contributed by atoms with E-state index in [0.717, 1.165) is 51.4 Å². The number of hydrogen-bond acceptors (Lipinski definition) is 5. The molecule has 0 unspecified atom stereocenters. The van der Waals surface area contributed by atoms with E-state index in [9.17, 15) is 20.1 Å². The molecule has 154 valence electrons. The van der Waals surface area contributed by atoms with Gasteiger partial charge in [-0.2, -0.15) is 0 Å². The van der Waals surface area contributed by atoms with Crippen molar-refractivity contribution in [2.45, 2.75) is 78.6 Å². The molecule has 0 aliphatic heterocycles. The molecule has 0 saturated heterocycles. The van der Waals surface area contributed by atoms with Gasteiger partial charge < -0.3 is 24.8 Å². The molecule has 0 fully saturated rings. The van der Waals surface area contributed by atoms with Crippen molar-refractivity contribution in [2.24, 2.45) is 0 Å². The summed E-state index contributed by atoms with van der Waals surface area (Å²) in [5, 5.41) is 30.3. The van der Waals surface area contributed by atoms with Crippen molar-refractivity contribution in [2.75, 3.05) is 13.2 Å². The number of hydrogen-bond donors (Lipinski definition) is 3. The average molecular weight is 382 g/mol. The van der Waals surface area contributed by atoms with Crippen LogP contribution in [-0.4, -0.2) is 34.5 Å².